The van der Waals surface area contributed by atoms with Gasteiger partial charge in [0.1, 0.15) is 24.2 Å². The van der Waals surface area contributed by atoms with Gasteiger partial charge in [0.2, 0.25) is 29.5 Å². The lowest BCUT2D eigenvalue weighted by atomic mass is 9.91. The van der Waals surface area contributed by atoms with Crippen molar-refractivity contribution in [3.63, 3.8) is 0 Å². The first-order chi connectivity index (χ1) is 28.8. The Morgan fingerprint density at radius 2 is 1.25 bits per heavy atom. The van der Waals surface area contributed by atoms with Gasteiger partial charge in [-0.1, -0.05) is 93.6 Å². The molecule has 0 radical (unpaired) electrons. The van der Waals surface area contributed by atoms with Gasteiger partial charge in [0.15, 0.2) is 0 Å². The van der Waals surface area contributed by atoms with Crippen LogP contribution in [-0.2, 0) is 24.0 Å². The molecule has 0 aliphatic carbocycles. The molecule has 4 atom stereocenters. The van der Waals surface area contributed by atoms with Gasteiger partial charge in [0.05, 0.1) is 0 Å². The number of anilines is 2. The highest BCUT2D eigenvalue weighted by Crippen LogP contribution is 2.31. The van der Waals surface area contributed by atoms with Crippen LogP contribution in [0.3, 0.4) is 0 Å². The van der Waals surface area contributed by atoms with E-state index in [1.54, 1.807) is 9.80 Å². The lowest BCUT2D eigenvalue weighted by molar-refractivity contribution is -0.140. The molecule has 0 spiro atoms. The normalized spacial score (nSPS) is 17.7. The number of benzene rings is 4. The van der Waals surface area contributed by atoms with E-state index in [2.05, 4.69) is 20.9 Å². The number of hydrogen-bond acceptors (Lipinski definition) is 6. The van der Waals surface area contributed by atoms with E-state index in [-0.39, 0.29) is 41.4 Å². The van der Waals surface area contributed by atoms with Gasteiger partial charge < -0.3 is 30.7 Å². The third-order valence-electron chi connectivity index (χ3n) is 11.3. The molecule has 4 aromatic carbocycles. The number of carbonyl (C=O) groups is 5. The summed E-state index contributed by atoms with van der Waals surface area (Å²) < 4.78 is 0. The Morgan fingerprint density at radius 3 is 1.83 bits per heavy atom. The first kappa shape index (κ1) is 41.9. The first-order valence-electron chi connectivity index (χ1n) is 20.8. The van der Waals surface area contributed by atoms with E-state index in [0.29, 0.717) is 49.3 Å². The summed E-state index contributed by atoms with van der Waals surface area (Å²) in [6.45, 7) is 6.88. The molecule has 0 unspecified atom stereocenters. The van der Waals surface area contributed by atoms with Gasteiger partial charge in [0, 0.05) is 47.5 Å². The van der Waals surface area contributed by atoms with E-state index in [1.807, 2.05) is 149 Å². The van der Waals surface area contributed by atoms with Gasteiger partial charge in [-0.05, 0) is 98.3 Å². The fraction of sp³-hybridized carbons (Fsp3) is 0.354. The molecule has 2 aliphatic heterocycles. The summed E-state index contributed by atoms with van der Waals surface area (Å²) in [4.78, 5) is 76.9. The number of likely N-dealkylation sites (tertiary alicyclic amines) is 2. The second kappa shape index (κ2) is 17.9. The van der Waals surface area contributed by atoms with Gasteiger partial charge in [-0.2, -0.15) is 0 Å². The second-order valence-corrected chi connectivity index (χ2v) is 17.3. The molecule has 1 aromatic heterocycles. The number of likely N-dealkylation sites (N-methyl/N-ethyl adjacent to an activating group) is 1. The number of hydrogen-bond donors (Lipinski definition) is 4. The maximum atomic E-state index is 14.1. The van der Waals surface area contributed by atoms with Gasteiger partial charge >= 0.3 is 0 Å². The zero-order valence-corrected chi connectivity index (χ0v) is 35.0. The highest BCUT2D eigenvalue weighted by molar-refractivity contribution is 6.01. The molecule has 60 heavy (non-hydrogen) atoms. The fourth-order valence-electron chi connectivity index (χ4n) is 8.40. The third kappa shape index (κ3) is 9.61. The van der Waals surface area contributed by atoms with Crippen LogP contribution in [0.1, 0.15) is 76.1 Å². The largest absolute Gasteiger partial charge is 0.355 e. The molecule has 12 heteroatoms. The Morgan fingerprint density at radius 1 is 0.700 bits per heavy atom. The van der Waals surface area contributed by atoms with Crippen LogP contribution in [0.4, 0.5) is 11.4 Å². The minimum Gasteiger partial charge on any atom is -0.355 e. The minimum atomic E-state index is -0.899. The van der Waals surface area contributed by atoms with Crippen LogP contribution in [0.15, 0.2) is 109 Å². The maximum absolute atomic E-state index is 14.1. The molecular formula is C48H55N7O5. The van der Waals surface area contributed by atoms with Crippen molar-refractivity contribution in [2.24, 2.45) is 5.41 Å². The quantitative estimate of drug-likeness (QED) is 0.104. The molecule has 4 N–H and O–H groups in total. The molecule has 12 nitrogen and oxygen atoms in total. The number of nitrogens with zero attached hydrogens (tertiary/aromatic N) is 3. The average Bonchev–Trinajstić information content (AvgIpc) is 4.01. The van der Waals surface area contributed by atoms with Crippen LogP contribution < -0.4 is 16.0 Å². The molecule has 7 rings (SSSR count). The van der Waals surface area contributed by atoms with Crippen LogP contribution in [0.25, 0.3) is 22.2 Å². The third-order valence-corrected chi connectivity index (χ3v) is 11.3. The Kier molecular flexibility index (Phi) is 12.5. The van der Waals surface area contributed by atoms with Crippen molar-refractivity contribution < 1.29 is 24.0 Å². The topological polar surface area (TPSA) is 147 Å². The van der Waals surface area contributed by atoms with E-state index >= 15 is 0 Å². The number of amides is 5. The molecule has 5 aromatic rings. The lowest BCUT2D eigenvalue weighted by Crippen LogP contribution is -2.49. The number of aromatic amines is 1. The zero-order chi connectivity index (χ0) is 42.6. The van der Waals surface area contributed by atoms with E-state index in [4.69, 9.17) is 0 Å². The van der Waals surface area contributed by atoms with Gasteiger partial charge in [0.25, 0.3) is 0 Å². The fourth-order valence-corrected chi connectivity index (χ4v) is 8.40. The smallest absolute Gasteiger partial charge is 0.250 e. The standard InChI is InChI=1S/C48H55N7O5/c1-48(2,3)30-41(56)52-42(32-14-8-6-9-15-32)46(59)54-26-12-18-39(54)45(58)50-36-24-25-37-34(28-36)29-38(51-37)31-20-22-35(23-21-31)49-44(57)40-19-13-27-55(40)47(60)43(53(4)5)33-16-10-7-11-17-33/h6-11,14-17,20-25,28-29,39-40,42-43,51H,12-13,18-19,26-27,30H2,1-5H3,(H,49,57)(H,50,58)(H,52,56)/t39-,40-,42+,43+/m0/s1. The molecule has 312 valence electrons. The minimum absolute atomic E-state index is 0.0814. The van der Waals surface area contributed by atoms with Crippen LogP contribution in [0.5, 0.6) is 0 Å². The lowest BCUT2D eigenvalue weighted by Gasteiger charge is -2.31. The molecule has 0 bridgehead atoms. The monoisotopic (exact) mass is 809 g/mol. The first-order valence-corrected chi connectivity index (χ1v) is 20.8. The summed E-state index contributed by atoms with van der Waals surface area (Å²) in [5.41, 5.74) is 5.21. The summed E-state index contributed by atoms with van der Waals surface area (Å²) in [6, 6.07) is 31.4. The van der Waals surface area contributed by atoms with E-state index in [9.17, 15) is 24.0 Å². The van der Waals surface area contributed by atoms with E-state index in [0.717, 1.165) is 34.1 Å². The van der Waals surface area contributed by atoms with Crippen molar-refractivity contribution >= 4 is 51.8 Å². The van der Waals surface area contributed by atoms with Crippen molar-refractivity contribution in [3.8, 4) is 11.3 Å². The van der Waals surface area contributed by atoms with Crippen molar-refractivity contribution in [2.45, 2.75) is 77.0 Å². The second-order valence-electron chi connectivity index (χ2n) is 17.3. The number of fused-ring (bicyclic) bond motifs is 1. The highest BCUT2D eigenvalue weighted by atomic mass is 16.2. The number of H-pyrrole nitrogens is 1. The number of rotatable bonds is 12. The summed E-state index contributed by atoms with van der Waals surface area (Å²) >= 11 is 0. The predicted octanol–water partition coefficient (Wildman–Crippen LogP) is 7.29. The van der Waals surface area contributed by atoms with E-state index in [1.165, 1.54) is 0 Å². The maximum Gasteiger partial charge on any atom is 0.250 e. The molecule has 3 heterocycles. The Bertz CT molecular complexity index is 2340. The molecular weight excluding hydrogens is 755 g/mol. The summed E-state index contributed by atoms with van der Waals surface area (Å²) in [7, 11) is 3.76. The summed E-state index contributed by atoms with van der Waals surface area (Å²) in [5, 5.41) is 9.91. The van der Waals surface area contributed by atoms with E-state index < -0.39 is 24.2 Å². The molecule has 2 saturated heterocycles. The molecule has 2 aliphatic rings. The number of nitrogens with one attached hydrogen (secondary N) is 4. The summed E-state index contributed by atoms with van der Waals surface area (Å²) in [5.74, 6) is -1.08. The van der Waals surface area contributed by atoms with Crippen molar-refractivity contribution in [3.05, 3.63) is 120 Å². The Labute approximate surface area is 351 Å². The van der Waals surface area contributed by atoms with Gasteiger partial charge in [-0.3, -0.25) is 28.9 Å². The highest BCUT2D eigenvalue weighted by Gasteiger charge is 2.40. The van der Waals surface area contributed by atoms with Crippen LogP contribution >= 0.6 is 0 Å². The molecule has 0 saturated carbocycles. The summed E-state index contributed by atoms with van der Waals surface area (Å²) in [6.07, 6.45) is 2.82. The Balaban J connectivity index is 0.991. The molecule has 2 fully saturated rings. The SMILES string of the molecule is CN(C)[C@@H](C(=O)N1CCC[C@H]1C(=O)Nc1ccc(-c2cc3cc(NC(=O)[C@@H]4CCCN4C(=O)[C@H](NC(=O)CC(C)(C)C)c4ccccc4)ccc3[nH]2)cc1)c1ccccc1. The number of aromatic nitrogens is 1. The Hall–Kier alpha value is -6.27. The van der Waals surface area contributed by atoms with Gasteiger partial charge in [-0.25, -0.2) is 0 Å². The van der Waals surface area contributed by atoms with Crippen LogP contribution in [0, 0.1) is 5.41 Å². The van der Waals surface area contributed by atoms with Crippen LogP contribution in [0.2, 0.25) is 0 Å². The average molecular weight is 810 g/mol. The van der Waals surface area contributed by atoms with Crippen molar-refractivity contribution in [1.82, 2.24) is 25.0 Å². The van der Waals surface area contributed by atoms with Crippen LogP contribution in [-0.4, -0.2) is 88.5 Å². The zero-order valence-electron chi connectivity index (χ0n) is 35.0. The van der Waals surface area contributed by atoms with Crippen molar-refractivity contribution in [1.29, 1.82) is 0 Å². The molecule has 5 amide bonds. The van der Waals surface area contributed by atoms with Gasteiger partial charge in [-0.15, -0.1) is 0 Å². The van der Waals surface area contributed by atoms with Crippen molar-refractivity contribution in [2.75, 3.05) is 37.8 Å². The predicted molar refractivity (Wildman–Crippen MR) is 235 cm³/mol. The number of carbonyl (C=O) groups excluding carboxylic acids is 5.